The molecule has 6 heteroatoms. The molecule has 0 radical (unpaired) electrons. The summed E-state index contributed by atoms with van der Waals surface area (Å²) in [6.07, 6.45) is 1.64. The highest BCUT2D eigenvalue weighted by atomic mass is 35.5. The molecule has 0 aliphatic heterocycles. The second kappa shape index (κ2) is 8.17. The standard InChI is InChI=1S/C26H22ClN3O2/c1-17-3-12-23-22(13-17)24-25(30(23)15-19-4-8-20(27)9-5-19)26(31)29(16-28-24)14-18-6-10-21(32-2)11-7-18/h3-13,16H,14-15H2,1-2H3. The molecule has 0 aliphatic rings. The lowest BCUT2D eigenvalue weighted by Crippen LogP contribution is -2.23. The SMILES string of the molecule is COc1ccc(Cn2cnc3c4cc(C)ccc4n(Cc4ccc(Cl)cc4)c3c2=O)cc1. The van der Waals surface area contributed by atoms with Crippen LogP contribution in [0.15, 0.2) is 77.9 Å². The summed E-state index contributed by atoms with van der Waals surface area (Å²) in [4.78, 5) is 18.3. The van der Waals surface area contributed by atoms with E-state index >= 15 is 0 Å². The van der Waals surface area contributed by atoms with Crippen molar-refractivity contribution in [1.29, 1.82) is 0 Å². The van der Waals surface area contributed by atoms with Crippen molar-refractivity contribution in [3.8, 4) is 5.75 Å². The van der Waals surface area contributed by atoms with Crippen LogP contribution in [0.5, 0.6) is 5.75 Å². The summed E-state index contributed by atoms with van der Waals surface area (Å²) >= 11 is 6.07. The third-order valence-corrected chi connectivity index (χ3v) is 6.00. The normalized spacial score (nSPS) is 11.3. The maximum absolute atomic E-state index is 13.6. The van der Waals surface area contributed by atoms with Crippen molar-refractivity contribution in [3.63, 3.8) is 0 Å². The lowest BCUT2D eigenvalue weighted by Gasteiger charge is -2.10. The molecule has 0 atom stereocenters. The highest BCUT2D eigenvalue weighted by molar-refractivity contribution is 6.30. The molecule has 2 heterocycles. The molecule has 2 aromatic heterocycles. The predicted molar refractivity (Wildman–Crippen MR) is 129 cm³/mol. The van der Waals surface area contributed by atoms with Gasteiger partial charge in [-0.1, -0.05) is 47.5 Å². The van der Waals surface area contributed by atoms with Crippen LogP contribution in [0.25, 0.3) is 21.9 Å². The molecular formula is C26H22ClN3O2. The van der Waals surface area contributed by atoms with E-state index < -0.39 is 0 Å². The van der Waals surface area contributed by atoms with E-state index in [0.29, 0.717) is 23.6 Å². The van der Waals surface area contributed by atoms with Crippen LogP contribution in [0.4, 0.5) is 0 Å². The van der Waals surface area contributed by atoms with Gasteiger partial charge in [-0.3, -0.25) is 9.36 Å². The van der Waals surface area contributed by atoms with Gasteiger partial charge in [-0.15, -0.1) is 0 Å². The number of aromatic nitrogens is 3. The van der Waals surface area contributed by atoms with Gasteiger partial charge in [-0.05, 0) is 54.4 Å². The van der Waals surface area contributed by atoms with E-state index in [9.17, 15) is 4.79 Å². The second-order valence-corrected chi connectivity index (χ2v) is 8.39. The van der Waals surface area contributed by atoms with Gasteiger partial charge in [0.2, 0.25) is 0 Å². The smallest absolute Gasteiger partial charge is 0.278 e. The van der Waals surface area contributed by atoms with Crippen LogP contribution in [0.1, 0.15) is 16.7 Å². The molecule has 0 bridgehead atoms. The van der Waals surface area contributed by atoms with E-state index in [0.717, 1.165) is 38.9 Å². The third-order valence-electron chi connectivity index (χ3n) is 5.75. The van der Waals surface area contributed by atoms with Gasteiger partial charge in [0.25, 0.3) is 5.56 Å². The molecule has 160 valence electrons. The number of nitrogens with zero attached hydrogens (tertiary/aromatic N) is 3. The lowest BCUT2D eigenvalue weighted by atomic mass is 10.1. The molecule has 0 spiro atoms. The van der Waals surface area contributed by atoms with Crippen LogP contribution >= 0.6 is 11.6 Å². The topological polar surface area (TPSA) is 49.0 Å². The second-order valence-electron chi connectivity index (χ2n) is 7.96. The van der Waals surface area contributed by atoms with Crippen LogP contribution in [-0.2, 0) is 13.1 Å². The summed E-state index contributed by atoms with van der Waals surface area (Å²) in [6.45, 7) is 3.05. The average Bonchev–Trinajstić information content (AvgIpc) is 3.11. The maximum Gasteiger partial charge on any atom is 0.278 e. The van der Waals surface area contributed by atoms with E-state index in [1.54, 1.807) is 18.0 Å². The van der Waals surface area contributed by atoms with E-state index in [2.05, 4.69) is 22.8 Å². The summed E-state index contributed by atoms with van der Waals surface area (Å²) in [5.74, 6) is 0.785. The Bertz CT molecular complexity index is 1480. The highest BCUT2D eigenvalue weighted by Crippen LogP contribution is 2.27. The van der Waals surface area contributed by atoms with Gasteiger partial charge >= 0.3 is 0 Å². The molecule has 0 saturated carbocycles. The molecule has 5 aromatic rings. The van der Waals surface area contributed by atoms with E-state index in [1.165, 1.54) is 0 Å². The van der Waals surface area contributed by atoms with E-state index in [4.69, 9.17) is 21.3 Å². The Kier molecular flexibility index (Phi) is 5.19. The number of methoxy groups -OCH3 is 1. The molecule has 0 saturated heterocycles. The van der Waals surface area contributed by atoms with Crippen molar-refractivity contribution >= 4 is 33.5 Å². The predicted octanol–water partition coefficient (Wildman–Crippen LogP) is 5.42. The number of fused-ring (bicyclic) bond motifs is 3. The largest absolute Gasteiger partial charge is 0.497 e. The van der Waals surface area contributed by atoms with Crippen LogP contribution in [-0.4, -0.2) is 21.2 Å². The highest BCUT2D eigenvalue weighted by Gasteiger charge is 2.17. The molecule has 32 heavy (non-hydrogen) atoms. The number of halogens is 1. The van der Waals surface area contributed by atoms with Crippen LogP contribution in [0.3, 0.4) is 0 Å². The Morgan fingerprint density at radius 2 is 1.62 bits per heavy atom. The molecule has 0 fully saturated rings. The van der Waals surface area contributed by atoms with Crippen molar-refractivity contribution in [2.24, 2.45) is 0 Å². The van der Waals surface area contributed by atoms with Crippen LogP contribution < -0.4 is 10.3 Å². The summed E-state index contributed by atoms with van der Waals surface area (Å²) in [5.41, 5.74) is 5.47. The zero-order chi connectivity index (χ0) is 22.2. The van der Waals surface area contributed by atoms with Gasteiger partial charge in [0, 0.05) is 17.0 Å². The molecular weight excluding hydrogens is 422 g/mol. The minimum atomic E-state index is -0.0614. The van der Waals surface area contributed by atoms with E-state index in [-0.39, 0.29) is 5.56 Å². The Labute approximate surface area is 190 Å². The van der Waals surface area contributed by atoms with Crippen molar-refractivity contribution in [2.45, 2.75) is 20.0 Å². The molecule has 5 nitrogen and oxygen atoms in total. The molecule has 3 aromatic carbocycles. The third kappa shape index (κ3) is 3.65. The van der Waals surface area contributed by atoms with Crippen LogP contribution in [0.2, 0.25) is 5.02 Å². The number of hydrogen-bond donors (Lipinski definition) is 0. The van der Waals surface area contributed by atoms with Gasteiger partial charge in [0.05, 0.1) is 25.5 Å². The quantitative estimate of drug-likeness (QED) is 0.364. The molecule has 5 rings (SSSR count). The minimum Gasteiger partial charge on any atom is -0.497 e. The van der Waals surface area contributed by atoms with Crippen LogP contribution in [0, 0.1) is 6.92 Å². The fraction of sp³-hybridized carbons (Fsp3) is 0.154. The average molecular weight is 444 g/mol. The van der Waals surface area contributed by atoms with Crippen molar-refractivity contribution in [1.82, 2.24) is 14.1 Å². The minimum absolute atomic E-state index is 0.0614. The molecule has 0 aliphatic carbocycles. The van der Waals surface area contributed by atoms with Gasteiger partial charge in [0.1, 0.15) is 16.8 Å². The fourth-order valence-electron chi connectivity index (χ4n) is 4.09. The number of rotatable bonds is 5. The van der Waals surface area contributed by atoms with Crippen molar-refractivity contribution in [3.05, 3.63) is 105 Å². The Hall–Kier alpha value is -3.57. The van der Waals surface area contributed by atoms with Gasteiger partial charge < -0.3 is 9.30 Å². The molecule has 0 N–H and O–H groups in total. The van der Waals surface area contributed by atoms with Gasteiger partial charge in [0.15, 0.2) is 0 Å². The first kappa shape index (κ1) is 20.3. The van der Waals surface area contributed by atoms with Gasteiger partial charge in [-0.2, -0.15) is 0 Å². The monoisotopic (exact) mass is 443 g/mol. The molecule has 0 unspecified atom stereocenters. The maximum atomic E-state index is 13.6. The Balaban J connectivity index is 1.67. The Morgan fingerprint density at radius 3 is 2.34 bits per heavy atom. The first-order chi connectivity index (χ1) is 15.5. The first-order valence-corrected chi connectivity index (χ1v) is 10.8. The zero-order valence-electron chi connectivity index (χ0n) is 17.9. The van der Waals surface area contributed by atoms with Crippen molar-refractivity contribution in [2.75, 3.05) is 7.11 Å². The van der Waals surface area contributed by atoms with E-state index in [1.807, 2.05) is 55.5 Å². The first-order valence-electron chi connectivity index (χ1n) is 10.4. The Morgan fingerprint density at radius 1 is 0.938 bits per heavy atom. The number of aryl methyl sites for hydroxylation is 1. The summed E-state index contributed by atoms with van der Waals surface area (Å²) in [6, 6.07) is 21.6. The zero-order valence-corrected chi connectivity index (χ0v) is 18.6. The molecule has 0 amide bonds. The number of hydrogen-bond acceptors (Lipinski definition) is 3. The number of benzene rings is 3. The van der Waals surface area contributed by atoms with Gasteiger partial charge in [-0.25, -0.2) is 4.98 Å². The number of ether oxygens (including phenoxy) is 1. The lowest BCUT2D eigenvalue weighted by molar-refractivity contribution is 0.414. The summed E-state index contributed by atoms with van der Waals surface area (Å²) in [5, 5.41) is 1.68. The summed E-state index contributed by atoms with van der Waals surface area (Å²) < 4.78 is 8.95. The van der Waals surface area contributed by atoms with Crippen molar-refractivity contribution < 1.29 is 4.74 Å². The fourth-order valence-corrected chi connectivity index (χ4v) is 4.22. The summed E-state index contributed by atoms with van der Waals surface area (Å²) in [7, 11) is 1.64.